The molecule has 1 aromatic heterocycles. The summed E-state index contributed by atoms with van der Waals surface area (Å²) in [4.78, 5) is 6.94. The number of hydrogen-bond acceptors (Lipinski definition) is 5. The molecule has 0 atom stereocenters. The highest BCUT2D eigenvalue weighted by Crippen LogP contribution is 2.24. The zero-order chi connectivity index (χ0) is 18.6. The van der Waals surface area contributed by atoms with E-state index in [4.69, 9.17) is 4.74 Å². The van der Waals surface area contributed by atoms with Gasteiger partial charge in [-0.05, 0) is 55.7 Å². The molecule has 1 aliphatic heterocycles. The van der Waals surface area contributed by atoms with E-state index in [-0.39, 0.29) is 4.90 Å². The lowest BCUT2D eigenvalue weighted by atomic mass is 10.2. The third kappa shape index (κ3) is 4.27. The SMILES string of the molecule is COc1ccc(S(=O)(=O)Nc2ccc(N3CCCCCC3)nc2)c(C)c1. The van der Waals surface area contributed by atoms with Gasteiger partial charge in [-0.1, -0.05) is 12.8 Å². The number of hydrogen-bond donors (Lipinski definition) is 1. The summed E-state index contributed by atoms with van der Waals surface area (Å²) in [5, 5.41) is 0. The Morgan fingerprint density at radius 3 is 2.38 bits per heavy atom. The predicted octanol–water partition coefficient (Wildman–Crippen LogP) is 3.58. The van der Waals surface area contributed by atoms with Crippen molar-refractivity contribution >= 4 is 21.5 Å². The lowest BCUT2D eigenvalue weighted by Crippen LogP contribution is -2.24. The molecular weight excluding hydrogens is 350 g/mol. The first-order chi connectivity index (χ1) is 12.5. The fourth-order valence-electron chi connectivity index (χ4n) is 3.19. The number of aromatic nitrogens is 1. The highest BCUT2D eigenvalue weighted by molar-refractivity contribution is 7.92. The summed E-state index contributed by atoms with van der Waals surface area (Å²) >= 11 is 0. The number of nitrogens with one attached hydrogen (secondary N) is 1. The summed E-state index contributed by atoms with van der Waals surface area (Å²) in [6.07, 6.45) is 6.45. The lowest BCUT2D eigenvalue weighted by molar-refractivity contribution is 0.414. The zero-order valence-electron chi connectivity index (χ0n) is 15.2. The van der Waals surface area contributed by atoms with E-state index in [1.54, 1.807) is 44.5 Å². The van der Waals surface area contributed by atoms with E-state index in [1.807, 2.05) is 6.07 Å². The van der Waals surface area contributed by atoms with Crippen molar-refractivity contribution < 1.29 is 13.2 Å². The van der Waals surface area contributed by atoms with Crippen LogP contribution in [0.15, 0.2) is 41.4 Å². The van der Waals surface area contributed by atoms with Crippen LogP contribution in [0.25, 0.3) is 0 Å². The molecule has 0 unspecified atom stereocenters. The van der Waals surface area contributed by atoms with Crippen LogP contribution in [0.4, 0.5) is 11.5 Å². The van der Waals surface area contributed by atoms with Gasteiger partial charge in [0.2, 0.25) is 0 Å². The Balaban J connectivity index is 1.75. The van der Waals surface area contributed by atoms with Crippen molar-refractivity contribution in [2.75, 3.05) is 29.8 Å². The Bertz CT molecular complexity index is 843. The third-order valence-corrected chi connectivity index (χ3v) is 6.14. The molecule has 1 saturated heterocycles. The molecule has 1 N–H and O–H groups in total. The average molecular weight is 375 g/mol. The second-order valence-corrected chi connectivity index (χ2v) is 8.19. The first kappa shape index (κ1) is 18.5. The number of rotatable bonds is 5. The molecule has 1 aliphatic rings. The molecular formula is C19H25N3O3S. The van der Waals surface area contributed by atoms with Gasteiger partial charge in [-0.2, -0.15) is 0 Å². The maximum atomic E-state index is 12.7. The minimum absolute atomic E-state index is 0.231. The monoisotopic (exact) mass is 375 g/mol. The number of ether oxygens (including phenoxy) is 1. The molecule has 6 nitrogen and oxygen atoms in total. The molecule has 26 heavy (non-hydrogen) atoms. The Kier molecular flexibility index (Phi) is 5.66. The van der Waals surface area contributed by atoms with Crippen molar-refractivity contribution in [3.05, 3.63) is 42.1 Å². The quantitative estimate of drug-likeness (QED) is 0.865. The topological polar surface area (TPSA) is 71.5 Å². The van der Waals surface area contributed by atoms with Crippen LogP contribution in [0.1, 0.15) is 31.2 Å². The van der Waals surface area contributed by atoms with Crippen molar-refractivity contribution in [1.29, 1.82) is 0 Å². The number of benzene rings is 1. The second-order valence-electron chi connectivity index (χ2n) is 6.54. The second kappa shape index (κ2) is 7.95. The molecule has 7 heteroatoms. The van der Waals surface area contributed by atoms with Gasteiger partial charge < -0.3 is 9.64 Å². The smallest absolute Gasteiger partial charge is 0.262 e. The highest BCUT2D eigenvalue weighted by atomic mass is 32.2. The van der Waals surface area contributed by atoms with E-state index >= 15 is 0 Å². The minimum Gasteiger partial charge on any atom is -0.497 e. The molecule has 2 heterocycles. The fourth-order valence-corrected chi connectivity index (χ4v) is 4.46. The summed E-state index contributed by atoms with van der Waals surface area (Å²) in [7, 11) is -2.12. The number of nitrogens with zero attached hydrogens (tertiary/aromatic N) is 2. The van der Waals surface area contributed by atoms with Crippen molar-refractivity contribution in [3.8, 4) is 5.75 Å². The molecule has 1 fully saturated rings. The van der Waals surface area contributed by atoms with Crippen LogP contribution in [0, 0.1) is 6.92 Å². The van der Waals surface area contributed by atoms with Gasteiger partial charge in [-0.25, -0.2) is 13.4 Å². The summed E-state index contributed by atoms with van der Waals surface area (Å²) < 4.78 is 33.1. The molecule has 0 aliphatic carbocycles. The Hall–Kier alpha value is -2.28. The van der Waals surface area contributed by atoms with Crippen LogP contribution < -0.4 is 14.4 Å². The molecule has 0 spiro atoms. The fraction of sp³-hybridized carbons (Fsp3) is 0.421. The standard InChI is InChI=1S/C19H25N3O3S/c1-15-13-17(25-2)8-9-18(15)26(23,24)21-16-7-10-19(20-14-16)22-11-5-3-4-6-12-22/h7-10,13-14,21H,3-6,11-12H2,1-2H3. The average Bonchev–Trinajstić information content (AvgIpc) is 2.91. The molecule has 3 rings (SSSR count). The van der Waals surface area contributed by atoms with Gasteiger partial charge in [0.15, 0.2) is 0 Å². The van der Waals surface area contributed by atoms with Crippen molar-refractivity contribution in [1.82, 2.24) is 4.98 Å². The Morgan fingerprint density at radius 2 is 1.81 bits per heavy atom. The Morgan fingerprint density at radius 1 is 1.08 bits per heavy atom. The largest absolute Gasteiger partial charge is 0.497 e. The first-order valence-electron chi connectivity index (χ1n) is 8.88. The zero-order valence-corrected chi connectivity index (χ0v) is 16.1. The van der Waals surface area contributed by atoms with Crippen LogP contribution in [-0.4, -0.2) is 33.6 Å². The van der Waals surface area contributed by atoms with E-state index in [2.05, 4.69) is 14.6 Å². The van der Waals surface area contributed by atoms with Gasteiger partial charge in [0.25, 0.3) is 10.0 Å². The highest BCUT2D eigenvalue weighted by Gasteiger charge is 2.18. The van der Waals surface area contributed by atoms with Gasteiger partial charge in [0, 0.05) is 13.1 Å². The number of methoxy groups -OCH3 is 1. The number of aryl methyl sites for hydroxylation is 1. The first-order valence-corrected chi connectivity index (χ1v) is 10.4. The van der Waals surface area contributed by atoms with Gasteiger partial charge in [0.05, 0.1) is 23.9 Å². The van der Waals surface area contributed by atoms with Crippen LogP contribution in [0.5, 0.6) is 5.75 Å². The predicted molar refractivity (Wildman–Crippen MR) is 103 cm³/mol. The summed E-state index contributed by atoms with van der Waals surface area (Å²) in [6.45, 7) is 3.75. The third-order valence-electron chi connectivity index (χ3n) is 4.60. The molecule has 0 radical (unpaired) electrons. The van der Waals surface area contributed by atoms with Crippen molar-refractivity contribution in [2.45, 2.75) is 37.5 Å². The normalized spacial score (nSPS) is 15.4. The minimum atomic E-state index is -3.67. The molecule has 0 amide bonds. The van der Waals surface area contributed by atoms with E-state index in [0.29, 0.717) is 17.0 Å². The maximum absolute atomic E-state index is 12.7. The number of anilines is 2. The maximum Gasteiger partial charge on any atom is 0.262 e. The van der Waals surface area contributed by atoms with E-state index in [1.165, 1.54) is 25.7 Å². The van der Waals surface area contributed by atoms with Gasteiger partial charge in [-0.15, -0.1) is 0 Å². The van der Waals surface area contributed by atoms with Crippen molar-refractivity contribution in [2.24, 2.45) is 0 Å². The van der Waals surface area contributed by atoms with Gasteiger partial charge in [0.1, 0.15) is 11.6 Å². The van der Waals surface area contributed by atoms with E-state index < -0.39 is 10.0 Å². The molecule has 0 bridgehead atoms. The summed E-state index contributed by atoms with van der Waals surface area (Å²) in [5.74, 6) is 1.53. The molecule has 140 valence electrons. The van der Waals surface area contributed by atoms with Crippen LogP contribution >= 0.6 is 0 Å². The van der Waals surface area contributed by atoms with E-state index in [9.17, 15) is 8.42 Å². The van der Waals surface area contributed by atoms with Crippen molar-refractivity contribution in [3.63, 3.8) is 0 Å². The Labute approximate surface area is 155 Å². The van der Waals surface area contributed by atoms with Gasteiger partial charge >= 0.3 is 0 Å². The van der Waals surface area contributed by atoms with E-state index in [0.717, 1.165) is 18.9 Å². The number of pyridine rings is 1. The molecule has 2 aromatic rings. The summed E-state index contributed by atoms with van der Waals surface area (Å²) in [6, 6.07) is 8.54. The van der Waals surface area contributed by atoms with Crippen LogP contribution in [0.3, 0.4) is 0 Å². The summed E-state index contributed by atoms with van der Waals surface area (Å²) in [5.41, 5.74) is 1.09. The van der Waals surface area contributed by atoms with Crippen LogP contribution in [-0.2, 0) is 10.0 Å². The molecule has 1 aromatic carbocycles. The lowest BCUT2D eigenvalue weighted by Gasteiger charge is -2.21. The molecule has 0 saturated carbocycles. The van der Waals surface area contributed by atoms with Crippen LogP contribution in [0.2, 0.25) is 0 Å². The van der Waals surface area contributed by atoms with Gasteiger partial charge in [-0.3, -0.25) is 4.72 Å². The number of sulfonamides is 1.